The number of carbonyl (C=O) groups is 1. The summed E-state index contributed by atoms with van der Waals surface area (Å²) in [5.74, 6) is -0.123. The van der Waals surface area contributed by atoms with E-state index in [-0.39, 0.29) is 43.2 Å². The lowest BCUT2D eigenvalue weighted by molar-refractivity contribution is -0.128. The first-order valence-corrected chi connectivity index (χ1v) is 17.0. The SMILES string of the molecule is C=CC(=O)N1C[C@H](C)N(c2nc(=O)n3c4c(c(-c5ccc(F)cc5F)c(C)cc24)SC[C@@H]3CN2CCN(C3CC3)CC2)C[C@H]1C.S. The highest BCUT2D eigenvalue weighted by Crippen LogP contribution is 2.47. The molecule has 1 aliphatic carbocycles. The lowest BCUT2D eigenvalue weighted by Gasteiger charge is -2.45. The number of halogens is 2. The fourth-order valence-electron chi connectivity index (χ4n) is 7.50. The Morgan fingerprint density at radius 1 is 1.09 bits per heavy atom. The summed E-state index contributed by atoms with van der Waals surface area (Å²) in [6.07, 6.45) is 3.94. The van der Waals surface area contributed by atoms with Crippen LogP contribution in [0.3, 0.4) is 0 Å². The first kappa shape index (κ1) is 33.0. The molecule has 3 aliphatic heterocycles. The Bertz CT molecular complexity index is 1740. The van der Waals surface area contributed by atoms with E-state index in [0.29, 0.717) is 35.8 Å². The standard InChI is InChI=1S/C34H40F2N6O2S.H2S/c1-5-29(43)40-16-22(4)41(17-21(40)3)33-27-14-20(2)30(26-9-6-23(35)15-28(26)36)32-31(27)42(34(44)37-33)25(19-45-32)18-38-10-12-39(13-11-38)24-7-8-24;/h5-6,9,14-15,21-22,24-25H,1,7-8,10-13,16-19H2,2-4H3;1H2/t21-,22+,25+;/m1./s1. The number of aryl methyl sites for hydroxylation is 1. The molecule has 246 valence electrons. The summed E-state index contributed by atoms with van der Waals surface area (Å²) < 4.78 is 31.1. The van der Waals surface area contributed by atoms with Crippen LogP contribution in [-0.4, -0.2) is 99.8 Å². The molecule has 0 bridgehead atoms. The summed E-state index contributed by atoms with van der Waals surface area (Å²) >= 11 is 1.65. The van der Waals surface area contributed by atoms with Gasteiger partial charge in [-0.1, -0.05) is 6.58 Å². The highest BCUT2D eigenvalue weighted by Gasteiger charge is 2.37. The summed E-state index contributed by atoms with van der Waals surface area (Å²) in [6, 6.07) is 6.15. The number of rotatable bonds is 6. The molecule has 4 heterocycles. The maximum atomic E-state index is 15.3. The Labute approximate surface area is 279 Å². The van der Waals surface area contributed by atoms with E-state index in [4.69, 9.17) is 4.98 Å². The molecular formula is C34H42F2N6O2S2. The van der Waals surface area contributed by atoms with Crippen LogP contribution in [0.4, 0.5) is 14.6 Å². The van der Waals surface area contributed by atoms with Gasteiger partial charge in [0.15, 0.2) is 0 Å². The molecule has 3 fully saturated rings. The average Bonchev–Trinajstić information content (AvgIpc) is 3.87. The van der Waals surface area contributed by atoms with E-state index in [2.05, 4.69) is 21.3 Å². The Morgan fingerprint density at radius 2 is 1.83 bits per heavy atom. The van der Waals surface area contributed by atoms with Crippen LogP contribution in [0.25, 0.3) is 22.0 Å². The molecule has 4 aliphatic rings. The van der Waals surface area contributed by atoms with Crippen molar-refractivity contribution in [2.75, 3.05) is 56.5 Å². The zero-order valence-electron chi connectivity index (χ0n) is 26.6. The normalized spacial score (nSPS) is 23.8. The number of nitrogens with zero attached hydrogens (tertiary/aromatic N) is 6. The second-order valence-electron chi connectivity index (χ2n) is 13.1. The first-order chi connectivity index (χ1) is 21.6. The Hall–Kier alpha value is -2.93. The van der Waals surface area contributed by atoms with Gasteiger partial charge in [0.1, 0.15) is 17.5 Å². The number of thioether (sulfide) groups is 1. The number of hydrogen-bond acceptors (Lipinski definition) is 7. The summed E-state index contributed by atoms with van der Waals surface area (Å²) in [6.45, 7) is 15.4. The predicted molar refractivity (Wildman–Crippen MR) is 185 cm³/mol. The topological polar surface area (TPSA) is 64.9 Å². The van der Waals surface area contributed by atoms with Crippen molar-refractivity contribution >= 4 is 47.9 Å². The van der Waals surface area contributed by atoms with Gasteiger partial charge < -0.3 is 9.80 Å². The summed E-state index contributed by atoms with van der Waals surface area (Å²) in [7, 11) is 0. The largest absolute Gasteiger partial charge is 0.350 e. The van der Waals surface area contributed by atoms with E-state index in [1.165, 1.54) is 31.1 Å². The number of anilines is 1. The molecule has 8 nitrogen and oxygen atoms in total. The average molecular weight is 669 g/mol. The van der Waals surface area contributed by atoms with Crippen molar-refractivity contribution in [2.45, 2.75) is 62.7 Å². The van der Waals surface area contributed by atoms with Gasteiger partial charge in [-0.2, -0.15) is 18.5 Å². The van der Waals surface area contributed by atoms with Crippen molar-refractivity contribution in [3.8, 4) is 11.1 Å². The quantitative estimate of drug-likeness (QED) is 0.350. The molecule has 0 N–H and O–H groups in total. The van der Waals surface area contributed by atoms with Crippen LogP contribution in [0.15, 0.2) is 46.6 Å². The van der Waals surface area contributed by atoms with E-state index in [1.807, 2.05) is 36.3 Å². The van der Waals surface area contributed by atoms with Gasteiger partial charge in [0.25, 0.3) is 0 Å². The van der Waals surface area contributed by atoms with E-state index in [9.17, 15) is 14.0 Å². The maximum Gasteiger partial charge on any atom is 0.350 e. The third-order valence-corrected chi connectivity index (χ3v) is 11.2. The number of hydrogen-bond donors (Lipinski definition) is 0. The maximum absolute atomic E-state index is 15.3. The molecule has 2 saturated heterocycles. The van der Waals surface area contributed by atoms with Crippen molar-refractivity contribution in [3.63, 3.8) is 0 Å². The van der Waals surface area contributed by atoms with Gasteiger partial charge in [0.05, 0.1) is 11.6 Å². The van der Waals surface area contributed by atoms with E-state index >= 15 is 4.39 Å². The molecule has 7 rings (SSSR count). The van der Waals surface area contributed by atoms with Crippen LogP contribution in [0.1, 0.15) is 38.3 Å². The molecule has 0 unspecified atom stereocenters. The Balaban J connectivity index is 0.00000372. The monoisotopic (exact) mass is 668 g/mol. The van der Waals surface area contributed by atoms with E-state index in [0.717, 1.165) is 66.2 Å². The van der Waals surface area contributed by atoms with Crippen LogP contribution >= 0.6 is 25.3 Å². The van der Waals surface area contributed by atoms with Crippen molar-refractivity contribution in [3.05, 3.63) is 64.6 Å². The molecule has 12 heteroatoms. The first-order valence-electron chi connectivity index (χ1n) is 16.0. The fraction of sp³-hybridized carbons (Fsp3) is 0.500. The molecule has 1 saturated carbocycles. The Kier molecular flexibility index (Phi) is 9.28. The zero-order valence-corrected chi connectivity index (χ0v) is 28.5. The summed E-state index contributed by atoms with van der Waals surface area (Å²) in [5, 5.41) is 0.840. The van der Waals surface area contributed by atoms with E-state index < -0.39 is 11.6 Å². The third-order valence-electron chi connectivity index (χ3n) is 9.98. The second-order valence-corrected chi connectivity index (χ2v) is 14.1. The summed E-state index contributed by atoms with van der Waals surface area (Å²) in [4.78, 5) is 41.3. The molecule has 0 radical (unpaired) electrons. The van der Waals surface area contributed by atoms with Crippen LogP contribution in [0, 0.1) is 18.6 Å². The lowest BCUT2D eigenvalue weighted by Crippen LogP contribution is -2.58. The van der Waals surface area contributed by atoms with Crippen LogP contribution in [-0.2, 0) is 4.79 Å². The van der Waals surface area contributed by atoms with Gasteiger partial charge in [0, 0.05) is 97.2 Å². The third kappa shape index (κ3) is 5.86. The minimum Gasteiger partial charge on any atom is -0.349 e. The van der Waals surface area contributed by atoms with Gasteiger partial charge in [-0.05, 0) is 63.5 Å². The van der Waals surface area contributed by atoms with Gasteiger partial charge >= 0.3 is 5.69 Å². The smallest absolute Gasteiger partial charge is 0.349 e. The van der Waals surface area contributed by atoms with Crippen molar-refractivity contribution in [1.82, 2.24) is 24.3 Å². The molecule has 1 amide bonds. The van der Waals surface area contributed by atoms with Crippen molar-refractivity contribution in [2.24, 2.45) is 0 Å². The van der Waals surface area contributed by atoms with Crippen molar-refractivity contribution in [1.29, 1.82) is 0 Å². The molecule has 1 aromatic heterocycles. The van der Waals surface area contributed by atoms with Gasteiger partial charge in [-0.15, -0.1) is 11.8 Å². The highest BCUT2D eigenvalue weighted by molar-refractivity contribution is 7.99. The Morgan fingerprint density at radius 3 is 2.50 bits per heavy atom. The minimum atomic E-state index is -0.626. The highest BCUT2D eigenvalue weighted by atomic mass is 32.2. The van der Waals surface area contributed by atoms with Crippen LogP contribution in [0.2, 0.25) is 0 Å². The number of carbonyl (C=O) groups excluding carboxylic acids is 1. The number of piperazine rings is 2. The van der Waals surface area contributed by atoms with Crippen LogP contribution in [0.5, 0.6) is 0 Å². The van der Waals surface area contributed by atoms with Gasteiger partial charge in [-0.25, -0.2) is 13.6 Å². The van der Waals surface area contributed by atoms with E-state index in [1.54, 1.807) is 11.8 Å². The number of amides is 1. The van der Waals surface area contributed by atoms with Crippen LogP contribution < -0.4 is 10.6 Å². The molecule has 3 aromatic rings. The zero-order chi connectivity index (χ0) is 31.6. The number of benzene rings is 2. The summed E-state index contributed by atoms with van der Waals surface area (Å²) in [5.41, 5.74) is 2.29. The lowest BCUT2D eigenvalue weighted by atomic mass is 9.96. The number of aromatic nitrogens is 2. The van der Waals surface area contributed by atoms with Crippen molar-refractivity contribution < 1.29 is 13.6 Å². The molecule has 2 aromatic carbocycles. The minimum absolute atomic E-state index is 0. The molecule has 46 heavy (non-hydrogen) atoms. The predicted octanol–water partition coefficient (Wildman–Crippen LogP) is 4.80. The van der Waals surface area contributed by atoms with Gasteiger partial charge in [0.2, 0.25) is 5.91 Å². The van der Waals surface area contributed by atoms with Gasteiger partial charge in [-0.3, -0.25) is 19.2 Å². The second kappa shape index (κ2) is 12.9. The molecule has 3 atom stereocenters. The molecular weight excluding hydrogens is 627 g/mol. The molecule has 0 spiro atoms. The fourth-order valence-corrected chi connectivity index (χ4v) is 8.87.